The van der Waals surface area contributed by atoms with Gasteiger partial charge in [-0.1, -0.05) is 0 Å². The molecule has 0 unspecified atom stereocenters. The maximum Gasteiger partial charge on any atom is 0.257 e. The highest BCUT2D eigenvalue weighted by Crippen LogP contribution is 2.07. The van der Waals surface area contributed by atoms with Crippen LogP contribution in [0.25, 0.3) is 0 Å². The predicted molar refractivity (Wildman–Crippen MR) is 60.6 cm³/mol. The van der Waals surface area contributed by atoms with Crippen molar-refractivity contribution in [2.45, 2.75) is 18.5 Å². The lowest BCUT2D eigenvalue weighted by atomic mass is 10.3. The van der Waals surface area contributed by atoms with Gasteiger partial charge >= 0.3 is 0 Å². The van der Waals surface area contributed by atoms with Crippen molar-refractivity contribution in [3.05, 3.63) is 29.7 Å². The maximum absolute atomic E-state index is 11.8. The van der Waals surface area contributed by atoms with E-state index in [9.17, 15) is 8.42 Å². The van der Waals surface area contributed by atoms with Crippen LogP contribution in [0.1, 0.15) is 11.3 Å². The van der Waals surface area contributed by atoms with Gasteiger partial charge < -0.3 is 0 Å². The summed E-state index contributed by atoms with van der Waals surface area (Å²) in [6, 6.07) is 1.40. The van der Waals surface area contributed by atoms with Gasteiger partial charge in [0.1, 0.15) is 0 Å². The first kappa shape index (κ1) is 11.8. The first-order valence-electron chi connectivity index (χ1n) is 4.97. The number of hydrogen-bond donors (Lipinski definition) is 2. The molecular formula is C9H13N5O2S. The Morgan fingerprint density at radius 2 is 2.29 bits per heavy atom. The molecule has 0 fully saturated rings. The van der Waals surface area contributed by atoms with E-state index in [1.165, 1.54) is 12.3 Å². The molecule has 0 bridgehead atoms. The summed E-state index contributed by atoms with van der Waals surface area (Å²) in [5, 5.41) is 10.2. The van der Waals surface area contributed by atoms with Crippen molar-refractivity contribution < 1.29 is 8.42 Å². The summed E-state index contributed by atoms with van der Waals surface area (Å²) in [5.74, 6) is 0. The van der Waals surface area contributed by atoms with Crippen LogP contribution < -0.4 is 4.72 Å². The molecule has 0 aliphatic heterocycles. The van der Waals surface area contributed by atoms with Crippen LogP contribution in [-0.2, 0) is 23.6 Å². The molecule has 0 spiro atoms. The third-order valence-electron chi connectivity index (χ3n) is 2.33. The Morgan fingerprint density at radius 3 is 2.82 bits per heavy atom. The number of hydrogen-bond acceptors (Lipinski definition) is 4. The number of rotatable bonds is 4. The number of nitrogens with zero attached hydrogens (tertiary/aromatic N) is 3. The van der Waals surface area contributed by atoms with Crippen LogP contribution in [0.5, 0.6) is 0 Å². The van der Waals surface area contributed by atoms with E-state index in [4.69, 9.17) is 0 Å². The molecule has 0 aliphatic carbocycles. The minimum absolute atomic E-state index is 0.0547. The molecule has 0 saturated carbocycles. The Hall–Kier alpha value is -1.67. The predicted octanol–water partition coefficient (Wildman–Crippen LogP) is -0.0699. The molecule has 0 amide bonds. The number of aryl methyl sites for hydroxylation is 2. The standard InChI is InChI=1S/C9H13N5O2S/c1-7-8(6-14(2)13-7)5-11-17(15,16)9-3-4-10-12-9/h3-4,6,11H,5H2,1-2H3,(H,10,12). The summed E-state index contributed by atoms with van der Waals surface area (Å²) in [4.78, 5) is 0. The van der Waals surface area contributed by atoms with E-state index in [2.05, 4.69) is 20.0 Å². The highest BCUT2D eigenvalue weighted by molar-refractivity contribution is 7.89. The van der Waals surface area contributed by atoms with Crippen LogP contribution in [0.4, 0.5) is 0 Å². The quantitative estimate of drug-likeness (QED) is 0.799. The van der Waals surface area contributed by atoms with E-state index in [1.807, 2.05) is 6.92 Å². The number of aromatic nitrogens is 4. The third-order valence-corrected chi connectivity index (χ3v) is 3.66. The molecule has 8 heteroatoms. The van der Waals surface area contributed by atoms with E-state index >= 15 is 0 Å². The minimum atomic E-state index is -3.53. The highest BCUT2D eigenvalue weighted by atomic mass is 32.2. The molecule has 2 N–H and O–H groups in total. The fourth-order valence-corrected chi connectivity index (χ4v) is 2.38. The van der Waals surface area contributed by atoms with Crippen molar-refractivity contribution in [3.63, 3.8) is 0 Å². The van der Waals surface area contributed by atoms with Crippen LogP contribution in [0.2, 0.25) is 0 Å². The lowest BCUT2D eigenvalue weighted by Crippen LogP contribution is -2.23. The van der Waals surface area contributed by atoms with E-state index in [0.29, 0.717) is 0 Å². The molecule has 0 radical (unpaired) electrons. The zero-order valence-corrected chi connectivity index (χ0v) is 10.3. The summed E-state index contributed by atoms with van der Waals surface area (Å²) in [7, 11) is -1.74. The van der Waals surface area contributed by atoms with Crippen molar-refractivity contribution in [2.24, 2.45) is 7.05 Å². The fourth-order valence-electron chi connectivity index (χ4n) is 1.47. The number of H-pyrrole nitrogens is 1. The summed E-state index contributed by atoms with van der Waals surface area (Å²) in [6.07, 6.45) is 3.18. The van der Waals surface area contributed by atoms with Gasteiger partial charge in [0, 0.05) is 25.4 Å². The van der Waals surface area contributed by atoms with Gasteiger partial charge in [-0.15, -0.1) is 0 Å². The van der Waals surface area contributed by atoms with Gasteiger partial charge in [-0.25, -0.2) is 13.1 Å². The zero-order valence-electron chi connectivity index (χ0n) is 9.51. The molecule has 7 nitrogen and oxygen atoms in total. The monoisotopic (exact) mass is 255 g/mol. The average molecular weight is 255 g/mol. The number of aromatic amines is 1. The van der Waals surface area contributed by atoms with Gasteiger partial charge in [0.15, 0.2) is 5.03 Å². The molecule has 0 aliphatic rings. The lowest BCUT2D eigenvalue weighted by Gasteiger charge is -2.03. The van der Waals surface area contributed by atoms with Crippen LogP contribution in [0, 0.1) is 6.92 Å². The SMILES string of the molecule is Cc1nn(C)cc1CNS(=O)(=O)c1ccn[nH]1. The maximum atomic E-state index is 11.8. The van der Waals surface area contributed by atoms with E-state index in [-0.39, 0.29) is 11.6 Å². The van der Waals surface area contributed by atoms with E-state index in [0.717, 1.165) is 11.3 Å². The summed E-state index contributed by atoms with van der Waals surface area (Å²) in [6.45, 7) is 2.04. The van der Waals surface area contributed by atoms with Gasteiger partial charge in [-0.2, -0.15) is 10.2 Å². The Kier molecular flexibility index (Phi) is 2.99. The third kappa shape index (κ3) is 2.53. The lowest BCUT2D eigenvalue weighted by molar-refractivity contribution is 0.577. The second kappa shape index (κ2) is 4.30. The zero-order chi connectivity index (χ0) is 12.5. The van der Waals surface area contributed by atoms with Gasteiger partial charge in [-0.05, 0) is 13.0 Å². The Labute approximate surface area is 98.9 Å². The van der Waals surface area contributed by atoms with E-state index < -0.39 is 10.0 Å². The average Bonchev–Trinajstić information content (AvgIpc) is 2.85. The molecule has 0 saturated heterocycles. The Morgan fingerprint density at radius 1 is 1.53 bits per heavy atom. The van der Waals surface area contributed by atoms with Crippen LogP contribution in [0.3, 0.4) is 0 Å². The van der Waals surface area contributed by atoms with Crippen molar-refractivity contribution in [1.29, 1.82) is 0 Å². The molecule has 92 valence electrons. The van der Waals surface area contributed by atoms with E-state index in [1.54, 1.807) is 17.9 Å². The van der Waals surface area contributed by atoms with Crippen molar-refractivity contribution >= 4 is 10.0 Å². The van der Waals surface area contributed by atoms with Crippen LogP contribution in [-0.4, -0.2) is 28.4 Å². The fraction of sp³-hybridized carbons (Fsp3) is 0.333. The van der Waals surface area contributed by atoms with Gasteiger partial charge in [0.05, 0.1) is 11.9 Å². The first-order chi connectivity index (χ1) is 7.99. The normalized spacial score (nSPS) is 11.9. The van der Waals surface area contributed by atoms with Gasteiger partial charge in [0.2, 0.25) is 0 Å². The summed E-state index contributed by atoms with van der Waals surface area (Å²) >= 11 is 0. The molecule has 2 aromatic rings. The first-order valence-corrected chi connectivity index (χ1v) is 6.45. The Bertz CT molecular complexity index is 599. The number of sulfonamides is 1. The molecule has 17 heavy (non-hydrogen) atoms. The summed E-state index contributed by atoms with van der Waals surface area (Å²) < 4.78 is 27.7. The molecule has 0 aromatic carbocycles. The Balaban J connectivity index is 2.11. The molecule has 2 aromatic heterocycles. The molecule has 2 rings (SSSR count). The molecule has 0 atom stereocenters. The topological polar surface area (TPSA) is 92.7 Å². The van der Waals surface area contributed by atoms with Gasteiger partial charge in [-0.3, -0.25) is 9.78 Å². The molecule has 2 heterocycles. The van der Waals surface area contributed by atoms with Crippen molar-refractivity contribution in [1.82, 2.24) is 24.7 Å². The molecular weight excluding hydrogens is 242 g/mol. The van der Waals surface area contributed by atoms with Crippen molar-refractivity contribution in [3.8, 4) is 0 Å². The number of nitrogens with one attached hydrogen (secondary N) is 2. The van der Waals surface area contributed by atoms with Gasteiger partial charge in [0.25, 0.3) is 10.0 Å². The van der Waals surface area contributed by atoms with Crippen LogP contribution >= 0.6 is 0 Å². The second-order valence-corrected chi connectivity index (χ2v) is 5.39. The smallest absolute Gasteiger partial charge is 0.257 e. The highest BCUT2D eigenvalue weighted by Gasteiger charge is 2.15. The minimum Gasteiger partial charge on any atom is -0.275 e. The van der Waals surface area contributed by atoms with Crippen molar-refractivity contribution in [2.75, 3.05) is 0 Å². The second-order valence-electron chi connectivity index (χ2n) is 3.66. The largest absolute Gasteiger partial charge is 0.275 e. The summed E-state index contributed by atoms with van der Waals surface area (Å²) in [5.41, 5.74) is 1.65. The van der Waals surface area contributed by atoms with Crippen LogP contribution in [0.15, 0.2) is 23.5 Å².